The van der Waals surface area contributed by atoms with Crippen LogP contribution in [0.2, 0.25) is 0 Å². The van der Waals surface area contributed by atoms with Crippen LogP contribution in [0, 0.1) is 5.92 Å². The second kappa shape index (κ2) is 11.6. The third-order valence-electron chi connectivity index (χ3n) is 5.20. The Morgan fingerprint density at radius 2 is 1.83 bits per heavy atom. The fourth-order valence-electron chi connectivity index (χ4n) is 3.51. The van der Waals surface area contributed by atoms with Gasteiger partial charge in [-0.2, -0.15) is 4.80 Å². The van der Waals surface area contributed by atoms with Crippen LogP contribution in [0.1, 0.15) is 39.5 Å². The van der Waals surface area contributed by atoms with Gasteiger partial charge in [0.1, 0.15) is 0 Å². The van der Waals surface area contributed by atoms with Gasteiger partial charge in [-0.05, 0) is 43.5 Å². The summed E-state index contributed by atoms with van der Waals surface area (Å²) in [5.74, 6) is 1.05. The lowest BCUT2D eigenvalue weighted by Gasteiger charge is -2.22. The summed E-state index contributed by atoms with van der Waals surface area (Å²) >= 11 is 0. The number of nitrogens with zero attached hydrogens (tertiary/aromatic N) is 6. The number of rotatable bonds is 9. The van der Waals surface area contributed by atoms with Crippen LogP contribution in [0.25, 0.3) is 11.4 Å². The highest BCUT2D eigenvalue weighted by atomic mass is 16.6. The first-order valence-corrected chi connectivity index (χ1v) is 11.1. The van der Waals surface area contributed by atoms with Gasteiger partial charge in [-0.3, -0.25) is 0 Å². The Hall–Kier alpha value is -2.48. The highest BCUT2D eigenvalue weighted by molar-refractivity contribution is 5.67. The maximum Gasteiger partial charge on any atom is 0.409 e. The number of amides is 1. The zero-order valence-electron chi connectivity index (χ0n) is 18.2. The van der Waals surface area contributed by atoms with Crippen LogP contribution >= 0.6 is 0 Å². The highest BCUT2D eigenvalue weighted by Crippen LogP contribution is 2.12. The van der Waals surface area contributed by atoms with E-state index < -0.39 is 0 Å². The predicted molar refractivity (Wildman–Crippen MR) is 116 cm³/mol. The monoisotopic (exact) mass is 414 g/mol. The maximum atomic E-state index is 12.2. The standard InChI is InChI=1S/C22H34N6O2/c1-19(2)18-30-22(29)27-14-9-13-26(16-17-27)12-7-4-8-15-28-24-21(23-25-28)20-10-5-3-6-11-20/h3,5-6,10-11,19H,4,7-9,12-18H2,1-2H3. The number of aromatic nitrogens is 4. The summed E-state index contributed by atoms with van der Waals surface area (Å²) in [6.07, 6.45) is 4.13. The van der Waals surface area contributed by atoms with Crippen molar-refractivity contribution in [1.29, 1.82) is 0 Å². The number of benzene rings is 1. The van der Waals surface area contributed by atoms with E-state index in [0.29, 0.717) is 18.3 Å². The van der Waals surface area contributed by atoms with Gasteiger partial charge in [0.2, 0.25) is 5.82 Å². The number of ether oxygens (including phenoxy) is 1. The largest absolute Gasteiger partial charge is 0.449 e. The third-order valence-corrected chi connectivity index (χ3v) is 5.20. The van der Waals surface area contributed by atoms with Gasteiger partial charge in [0, 0.05) is 25.2 Å². The van der Waals surface area contributed by atoms with Crippen LogP contribution < -0.4 is 0 Å². The molecule has 0 aliphatic carbocycles. The number of carbonyl (C=O) groups is 1. The van der Waals surface area contributed by atoms with Crippen LogP contribution in [0.4, 0.5) is 4.79 Å². The van der Waals surface area contributed by atoms with Crippen LogP contribution in [0.3, 0.4) is 0 Å². The first-order valence-electron chi connectivity index (χ1n) is 11.1. The number of tetrazole rings is 1. The van der Waals surface area contributed by atoms with Crippen molar-refractivity contribution in [1.82, 2.24) is 30.0 Å². The summed E-state index contributed by atoms with van der Waals surface area (Å²) in [6.45, 7) is 9.95. The van der Waals surface area contributed by atoms with E-state index in [0.717, 1.165) is 70.5 Å². The second-order valence-corrected chi connectivity index (χ2v) is 8.29. The van der Waals surface area contributed by atoms with Gasteiger partial charge in [0.25, 0.3) is 0 Å². The molecule has 3 rings (SSSR count). The topological polar surface area (TPSA) is 76.4 Å². The van der Waals surface area contributed by atoms with Crippen LogP contribution in [-0.4, -0.2) is 75.4 Å². The number of hydrogen-bond acceptors (Lipinski definition) is 6. The van der Waals surface area contributed by atoms with E-state index in [-0.39, 0.29) is 6.09 Å². The van der Waals surface area contributed by atoms with E-state index in [9.17, 15) is 4.79 Å². The number of hydrogen-bond donors (Lipinski definition) is 0. The molecule has 1 aliphatic heterocycles. The molecule has 30 heavy (non-hydrogen) atoms. The molecule has 1 fully saturated rings. The SMILES string of the molecule is CC(C)COC(=O)N1CCCN(CCCCCn2nnc(-c3ccccc3)n2)CC1. The van der Waals surface area contributed by atoms with E-state index in [1.807, 2.05) is 35.2 Å². The molecule has 1 amide bonds. The minimum atomic E-state index is -0.166. The van der Waals surface area contributed by atoms with Gasteiger partial charge >= 0.3 is 6.09 Å². The lowest BCUT2D eigenvalue weighted by atomic mass is 10.2. The zero-order valence-corrected chi connectivity index (χ0v) is 18.2. The highest BCUT2D eigenvalue weighted by Gasteiger charge is 2.20. The summed E-state index contributed by atoms with van der Waals surface area (Å²) < 4.78 is 5.37. The Balaban J connectivity index is 1.30. The smallest absolute Gasteiger partial charge is 0.409 e. The molecule has 2 aromatic rings. The lowest BCUT2D eigenvalue weighted by Crippen LogP contribution is -2.36. The molecule has 0 bridgehead atoms. The van der Waals surface area contributed by atoms with Crippen LogP contribution in [0.15, 0.2) is 30.3 Å². The molecule has 0 saturated carbocycles. The maximum absolute atomic E-state index is 12.2. The van der Waals surface area contributed by atoms with E-state index in [4.69, 9.17) is 4.74 Å². The van der Waals surface area contributed by atoms with E-state index >= 15 is 0 Å². The van der Waals surface area contributed by atoms with Crippen LogP contribution in [-0.2, 0) is 11.3 Å². The quantitative estimate of drug-likeness (QED) is 0.586. The number of carbonyl (C=O) groups excluding carboxylic acids is 1. The average Bonchev–Trinajstić information content (AvgIpc) is 3.10. The fourth-order valence-corrected chi connectivity index (χ4v) is 3.51. The molecule has 0 radical (unpaired) electrons. The molecule has 1 saturated heterocycles. The van der Waals surface area contributed by atoms with E-state index in [1.165, 1.54) is 0 Å². The molecule has 0 atom stereocenters. The van der Waals surface area contributed by atoms with Gasteiger partial charge in [0.15, 0.2) is 0 Å². The van der Waals surface area contributed by atoms with Crippen molar-refractivity contribution in [3.63, 3.8) is 0 Å². The Morgan fingerprint density at radius 1 is 1.03 bits per heavy atom. The molecule has 1 aromatic heterocycles. The molecule has 8 nitrogen and oxygen atoms in total. The van der Waals surface area contributed by atoms with Crippen molar-refractivity contribution >= 4 is 6.09 Å². The molecular formula is C22H34N6O2. The molecule has 0 spiro atoms. The van der Waals surface area contributed by atoms with Gasteiger partial charge in [-0.25, -0.2) is 4.79 Å². The van der Waals surface area contributed by atoms with Gasteiger partial charge in [-0.1, -0.05) is 50.6 Å². The third kappa shape index (κ3) is 7.09. The van der Waals surface area contributed by atoms with Gasteiger partial charge < -0.3 is 14.5 Å². The molecule has 0 unspecified atom stereocenters. The molecule has 164 valence electrons. The van der Waals surface area contributed by atoms with Crippen molar-refractivity contribution in [2.24, 2.45) is 5.92 Å². The lowest BCUT2D eigenvalue weighted by molar-refractivity contribution is 0.0930. The normalized spacial score (nSPS) is 15.4. The molecule has 2 heterocycles. The number of aryl methyl sites for hydroxylation is 1. The van der Waals surface area contributed by atoms with Gasteiger partial charge in [-0.15, -0.1) is 10.2 Å². The minimum absolute atomic E-state index is 0.166. The first-order chi connectivity index (χ1) is 14.6. The Labute approximate surface area is 179 Å². The summed E-state index contributed by atoms with van der Waals surface area (Å²) in [5, 5.41) is 12.8. The number of unbranched alkanes of at least 4 members (excludes halogenated alkanes) is 2. The Bertz CT molecular complexity index is 764. The Kier molecular flexibility index (Phi) is 8.62. The molecule has 8 heteroatoms. The van der Waals surface area contributed by atoms with Crippen molar-refractivity contribution in [3.05, 3.63) is 30.3 Å². The average molecular weight is 415 g/mol. The van der Waals surface area contributed by atoms with Crippen LogP contribution in [0.5, 0.6) is 0 Å². The fraction of sp³-hybridized carbons (Fsp3) is 0.636. The summed E-state index contributed by atoms with van der Waals surface area (Å²) in [6, 6.07) is 9.93. The Morgan fingerprint density at radius 3 is 2.63 bits per heavy atom. The summed E-state index contributed by atoms with van der Waals surface area (Å²) in [4.78, 5) is 18.1. The molecular weight excluding hydrogens is 380 g/mol. The van der Waals surface area contributed by atoms with Gasteiger partial charge in [0.05, 0.1) is 13.2 Å². The van der Waals surface area contributed by atoms with Crippen molar-refractivity contribution in [3.8, 4) is 11.4 Å². The minimum Gasteiger partial charge on any atom is -0.449 e. The zero-order chi connectivity index (χ0) is 21.2. The van der Waals surface area contributed by atoms with E-state index in [1.54, 1.807) is 4.80 Å². The van der Waals surface area contributed by atoms with E-state index in [2.05, 4.69) is 34.2 Å². The predicted octanol–water partition coefficient (Wildman–Crippen LogP) is 3.31. The second-order valence-electron chi connectivity index (χ2n) is 8.29. The molecule has 1 aromatic carbocycles. The summed E-state index contributed by atoms with van der Waals surface area (Å²) in [5.41, 5.74) is 0.993. The van der Waals surface area contributed by atoms with Crippen molar-refractivity contribution in [2.75, 3.05) is 39.3 Å². The van der Waals surface area contributed by atoms with Crippen molar-refractivity contribution in [2.45, 2.75) is 46.1 Å². The summed E-state index contributed by atoms with van der Waals surface area (Å²) in [7, 11) is 0. The molecule has 0 N–H and O–H groups in total. The molecule has 1 aliphatic rings. The first kappa shape index (κ1) is 22.2. The van der Waals surface area contributed by atoms with Crippen molar-refractivity contribution < 1.29 is 9.53 Å².